The van der Waals surface area contributed by atoms with Crippen LogP contribution in [0.15, 0.2) is 24.5 Å². The Morgan fingerprint density at radius 3 is 3.25 bits per heavy atom. The number of H-pyrrole nitrogens is 1. The number of hydrogen-bond acceptors (Lipinski definition) is 3. The van der Waals surface area contributed by atoms with E-state index in [4.69, 9.17) is 4.74 Å². The fourth-order valence-electron chi connectivity index (χ4n) is 1.36. The van der Waals surface area contributed by atoms with Crippen molar-refractivity contribution in [3.63, 3.8) is 0 Å². The van der Waals surface area contributed by atoms with E-state index in [9.17, 15) is 4.79 Å². The first-order valence-corrected chi connectivity index (χ1v) is 4.92. The van der Waals surface area contributed by atoms with Crippen LogP contribution in [0.2, 0.25) is 0 Å². The molecule has 0 unspecified atom stereocenters. The molecule has 0 aliphatic carbocycles. The highest BCUT2D eigenvalue weighted by Crippen LogP contribution is 2.13. The fourth-order valence-corrected chi connectivity index (χ4v) is 1.36. The summed E-state index contributed by atoms with van der Waals surface area (Å²) in [5, 5.41) is 0.902. The number of aromatic amines is 1. The zero-order valence-corrected chi connectivity index (χ0v) is 8.78. The molecule has 0 aliphatic rings. The first kappa shape index (κ1) is 10.2. The van der Waals surface area contributed by atoms with E-state index >= 15 is 0 Å². The van der Waals surface area contributed by atoms with Crippen molar-refractivity contribution in [1.29, 1.82) is 0 Å². The average Bonchev–Trinajstić information content (AvgIpc) is 2.75. The van der Waals surface area contributed by atoms with Gasteiger partial charge in [0, 0.05) is 29.3 Å². The van der Waals surface area contributed by atoms with E-state index in [0.29, 0.717) is 6.61 Å². The van der Waals surface area contributed by atoms with Crippen LogP contribution >= 0.6 is 0 Å². The van der Waals surface area contributed by atoms with Crippen molar-refractivity contribution in [1.82, 2.24) is 9.97 Å². The lowest BCUT2D eigenvalue weighted by Gasteiger charge is -1.93. The number of carbonyl (C=O) groups excluding carboxylic acids is 1. The summed E-state index contributed by atoms with van der Waals surface area (Å²) in [6, 6.07) is 3.64. The Labute approximate surface area is 92.6 Å². The number of aromatic nitrogens is 2. The molecule has 0 amide bonds. The van der Waals surface area contributed by atoms with Crippen molar-refractivity contribution in [3.05, 3.63) is 30.1 Å². The largest absolute Gasteiger partial charge is 0.456 e. The molecule has 1 N–H and O–H groups in total. The number of nitrogens with zero attached hydrogens (tertiary/aromatic N) is 1. The van der Waals surface area contributed by atoms with Crippen LogP contribution in [0.25, 0.3) is 11.0 Å². The minimum atomic E-state index is -0.511. The van der Waals surface area contributed by atoms with E-state index < -0.39 is 5.97 Å². The van der Waals surface area contributed by atoms with Crippen LogP contribution in [0.3, 0.4) is 0 Å². The summed E-state index contributed by atoms with van der Waals surface area (Å²) >= 11 is 0. The van der Waals surface area contributed by atoms with Gasteiger partial charge in [0.1, 0.15) is 5.65 Å². The highest BCUT2D eigenvalue weighted by molar-refractivity contribution is 5.91. The minimum Gasteiger partial charge on any atom is -0.456 e. The number of carbonyl (C=O) groups is 1. The molecule has 0 aliphatic heterocycles. The van der Waals surface area contributed by atoms with E-state index in [1.54, 1.807) is 25.4 Å². The molecule has 2 heterocycles. The molecule has 0 fully saturated rings. The summed E-state index contributed by atoms with van der Waals surface area (Å²) < 4.78 is 4.72. The molecule has 16 heavy (non-hydrogen) atoms. The second-order valence-electron chi connectivity index (χ2n) is 3.07. The van der Waals surface area contributed by atoms with Crippen molar-refractivity contribution in [2.24, 2.45) is 0 Å². The Kier molecular flexibility index (Phi) is 2.88. The van der Waals surface area contributed by atoms with Crippen LogP contribution < -0.4 is 0 Å². The normalized spacial score (nSPS) is 9.56. The van der Waals surface area contributed by atoms with Crippen LogP contribution in [0.1, 0.15) is 12.5 Å². The maximum Gasteiger partial charge on any atom is 0.384 e. The lowest BCUT2D eigenvalue weighted by atomic mass is 10.2. The van der Waals surface area contributed by atoms with Crippen LogP contribution in [-0.2, 0) is 9.53 Å². The minimum absolute atomic E-state index is 0.337. The summed E-state index contributed by atoms with van der Waals surface area (Å²) in [6.07, 6.45) is 3.43. The zero-order valence-electron chi connectivity index (χ0n) is 8.78. The Morgan fingerprint density at radius 2 is 2.44 bits per heavy atom. The second-order valence-corrected chi connectivity index (χ2v) is 3.07. The van der Waals surface area contributed by atoms with E-state index in [0.717, 1.165) is 16.6 Å². The summed E-state index contributed by atoms with van der Waals surface area (Å²) in [5.41, 5.74) is 1.52. The first-order valence-electron chi connectivity index (χ1n) is 4.92. The van der Waals surface area contributed by atoms with Gasteiger partial charge < -0.3 is 9.72 Å². The van der Waals surface area contributed by atoms with Crippen molar-refractivity contribution >= 4 is 17.0 Å². The van der Waals surface area contributed by atoms with Gasteiger partial charge in [-0.3, -0.25) is 0 Å². The number of fused-ring (bicyclic) bond motifs is 1. The molecule has 0 saturated heterocycles. The van der Waals surface area contributed by atoms with Crippen molar-refractivity contribution in [3.8, 4) is 11.8 Å². The molecule has 4 nitrogen and oxygen atoms in total. The Bertz CT molecular complexity index is 575. The number of rotatable bonds is 1. The number of nitrogens with one attached hydrogen (secondary N) is 1. The lowest BCUT2D eigenvalue weighted by molar-refractivity contribution is -0.136. The molecule has 0 bridgehead atoms. The van der Waals surface area contributed by atoms with Crippen molar-refractivity contribution in [2.75, 3.05) is 6.61 Å². The molecule has 4 heteroatoms. The van der Waals surface area contributed by atoms with Gasteiger partial charge in [0.05, 0.1) is 6.61 Å². The maximum absolute atomic E-state index is 11.1. The van der Waals surface area contributed by atoms with Gasteiger partial charge in [-0.15, -0.1) is 0 Å². The van der Waals surface area contributed by atoms with E-state index in [-0.39, 0.29) is 0 Å². The monoisotopic (exact) mass is 214 g/mol. The lowest BCUT2D eigenvalue weighted by Crippen LogP contribution is -1.99. The van der Waals surface area contributed by atoms with Gasteiger partial charge in [-0.2, -0.15) is 0 Å². The van der Waals surface area contributed by atoms with E-state index in [1.807, 2.05) is 6.07 Å². The van der Waals surface area contributed by atoms with Gasteiger partial charge in [0.2, 0.25) is 0 Å². The molecule has 2 rings (SSSR count). The molecular formula is C12H10N2O2. The highest BCUT2D eigenvalue weighted by Gasteiger charge is 2.00. The van der Waals surface area contributed by atoms with Crippen LogP contribution in [0.5, 0.6) is 0 Å². The summed E-state index contributed by atoms with van der Waals surface area (Å²) in [5.74, 6) is 4.69. The average molecular weight is 214 g/mol. The predicted octanol–water partition coefficient (Wildman–Crippen LogP) is 1.48. The molecule has 0 aromatic carbocycles. The number of hydrogen-bond donors (Lipinski definition) is 1. The molecular weight excluding hydrogens is 204 g/mol. The van der Waals surface area contributed by atoms with E-state index in [2.05, 4.69) is 21.8 Å². The van der Waals surface area contributed by atoms with Gasteiger partial charge in [-0.25, -0.2) is 9.78 Å². The summed E-state index contributed by atoms with van der Waals surface area (Å²) in [6.45, 7) is 2.08. The third kappa shape index (κ3) is 2.04. The molecule has 0 radical (unpaired) electrons. The number of pyridine rings is 1. The van der Waals surface area contributed by atoms with Crippen LogP contribution in [0.4, 0.5) is 0 Å². The Hall–Kier alpha value is -2.28. The highest BCUT2D eigenvalue weighted by atomic mass is 16.5. The Morgan fingerprint density at radius 1 is 1.56 bits per heavy atom. The second kappa shape index (κ2) is 4.49. The summed E-state index contributed by atoms with van der Waals surface area (Å²) in [7, 11) is 0. The van der Waals surface area contributed by atoms with Gasteiger partial charge in [0.15, 0.2) is 0 Å². The molecule has 2 aromatic heterocycles. The topological polar surface area (TPSA) is 55.0 Å². The maximum atomic E-state index is 11.1. The molecule has 0 spiro atoms. The van der Waals surface area contributed by atoms with Crippen molar-refractivity contribution < 1.29 is 9.53 Å². The molecule has 80 valence electrons. The van der Waals surface area contributed by atoms with Gasteiger partial charge in [-0.05, 0) is 19.1 Å². The fraction of sp³-hybridized carbons (Fsp3) is 0.167. The Balaban J connectivity index is 2.33. The smallest absolute Gasteiger partial charge is 0.384 e. The van der Waals surface area contributed by atoms with Crippen LogP contribution in [-0.4, -0.2) is 22.5 Å². The van der Waals surface area contributed by atoms with Gasteiger partial charge in [-0.1, -0.05) is 5.92 Å². The predicted molar refractivity (Wildman–Crippen MR) is 59.6 cm³/mol. The van der Waals surface area contributed by atoms with Crippen LogP contribution in [0, 0.1) is 11.8 Å². The number of esters is 1. The number of ether oxygens (including phenoxy) is 1. The van der Waals surface area contributed by atoms with E-state index in [1.165, 1.54) is 0 Å². The van der Waals surface area contributed by atoms with Gasteiger partial charge in [0.25, 0.3) is 0 Å². The molecule has 0 atom stereocenters. The first-order chi connectivity index (χ1) is 7.81. The standard InChI is InChI=1S/C12H10N2O2/c1-2-16-11(15)4-3-9-5-7-13-12-10(9)6-8-14-12/h5-8H,2H2,1H3,(H,13,14). The summed E-state index contributed by atoms with van der Waals surface area (Å²) in [4.78, 5) is 18.2. The molecule has 0 saturated carbocycles. The van der Waals surface area contributed by atoms with Gasteiger partial charge >= 0.3 is 5.97 Å². The molecule has 2 aromatic rings. The third-order valence-corrected chi connectivity index (χ3v) is 2.03. The SMILES string of the molecule is CCOC(=O)C#Cc1ccnc2[nH]ccc12. The zero-order chi connectivity index (χ0) is 11.4. The quantitative estimate of drug-likeness (QED) is 0.577. The van der Waals surface area contributed by atoms with Crippen molar-refractivity contribution in [2.45, 2.75) is 6.92 Å². The third-order valence-electron chi connectivity index (χ3n) is 2.03.